The van der Waals surface area contributed by atoms with Crippen molar-refractivity contribution in [2.24, 2.45) is 0 Å². The molecule has 0 aliphatic rings. The Morgan fingerprint density at radius 3 is 1.88 bits per heavy atom. The third kappa shape index (κ3) is 3.41. The number of halogens is 2. The highest BCUT2D eigenvalue weighted by Crippen LogP contribution is 2.36. The summed E-state index contributed by atoms with van der Waals surface area (Å²) in [5, 5.41) is 11.3. The van der Waals surface area contributed by atoms with Crippen LogP contribution in [0.25, 0.3) is 0 Å². The topological polar surface area (TPSA) is 37.3 Å². The largest absolute Gasteiger partial charge is 0.377 e. The predicted octanol–water partition coefficient (Wildman–Crippen LogP) is 4.91. The zero-order chi connectivity index (χ0) is 17.9. The summed E-state index contributed by atoms with van der Waals surface area (Å²) in [5.41, 5.74) is -1.20. The molecule has 0 saturated heterocycles. The van der Waals surface area contributed by atoms with Crippen LogP contribution in [0.2, 0.25) is 0 Å². The molecule has 3 aromatic rings. The Morgan fingerprint density at radius 2 is 1.32 bits per heavy atom. The number of benzene rings is 3. The molecule has 2 unspecified atom stereocenters. The summed E-state index contributed by atoms with van der Waals surface area (Å²) in [5.74, 6) is -0.755. The number of aliphatic hydroxyl groups is 1. The van der Waals surface area contributed by atoms with Gasteiger partial charge in [-0.25, -0.2) is 4.39 Å². The van der Waals surface area contributed by atoms with Crippen molar-refractivity contribution in [3.05, 3.63) is 106 Å². The van der Waals surface area contributed by atoms with Gasteiger partial charge in [-0.1, -0.05) is 88.7 Å². The minimum absolute atomic E-state index is 0.224. The summed E-state index contributed by atoms with van der Waals surface area (Å²) in [6.45, 7) is 0. The first-order valence-corrected chi connectivity index (χ1v) is 8.60. The van der Waals surface area contributed by atoms with Crippen LogP contribution in [0, 0.1) is 0 Å². The molecule has 0 saturated carbocycles. The van der Waals surface area contributed by atoms with Crippen molar-refractivity contribution >= 4 is 21.7 Å². The quantitative estimate of drug-likeness (QED) is 0.620. The molecule has 0 amide bonds. The van der Waals surface area contributed by atoms with Gasteiger partial charge in [-0.2, -0.15) is 0 Å². The maximum atomic E-state index is 15.4. The molecule has 0 aliphatic carbocycles. The monoisotopic (exact) mass is 398 g/mol. The maximum Gasteiger partial charge on any atom is 0.200 e. The minimum Gasteiger partial charge on any atom is -0.377 e. The second kappa shape index (κ2) is 7.30. The third-order valence-electron chi connectivity index (χ3n) is 4.15. The van der Waals surface area contributed by atoms with Gasteiger partial charge in [0.25, 0.3) is 0 Å². The molecule has 126 valence electrons. The van der Waals surface area contributed by atoms with Crippen molar-refractivity contribution in [1.29, 1.82) is 0 Å². The Labute approximate surface area is 154 Å². The first-order valence-electron chi connectivity index (χ1n) is 7.81. The molecule has 2 atom stereocenters. The van der Waals surface area contributed by atoms with Crippen molar-refractivity contribution in [3.8, 4) is 0 Å². The summed E-state index contributed by atoms with van der Waals surface area (Å²) in [4.78, 5) is 12.7. The normalized spacial score (nSPS) is 14.5. The Bertz CT molecular complexity index is 850. The molecule has 2 nitrogen and oxygen atoms in total. The number of ketones is 1. The van der Waals surface area contributed by atoms with Crippen molar-refractivity contribution < 1.29 is 14.3 Å². The lowest BCUT2D eigenvalue weighted by Gasteiger charge is -2.32. The average Bonchev–Trinajstić information content (AvgIpc) is 2.68. The van der Waals surface area contributed by atoms with Crippen LogP contribution >= 0.6 is 15.9 Å². The van der Waals surface area contributed by atoms with E-state index >= 15 is 4.39 Å². The molecular formula is C21H16BrFO2. The van der Waals surface area contributed by atoms with Crippen LogP contribution in [-0.2, 0) is 5.60 Å². The molecule has 0 radical (unpaired) electrons. The molecule has 4 heteroatoms. The average molecular weight is 399 g/mol. The van der Waals surface area contributed by atoms with E-state index in [1.54, 1.807) is 84.9 Å². The Balaban J connectivity index is 2.11. The van der Waals surface area contributed by atoms with E-state index in [9.17, 15) is 9.90 Å². The SMILES string of the molecule is O=C(c1ccccc1)C(F)C(O)(c1ccccc1)c1ccc(Br)cc1. The summed E-state index contributed by atoms with van der Waals surface area (Å²) < 4.78 is 16.2. The van der Waals surface area contributed by atoms with Crippen LogP contribution in [0.3, 0.4) is 0 Å². The molecule has 0 aliphatic heterocycles. The fourth-order valence-corrected chi connectivity index (χ4v) is 3.06. The first-order chi connectivity index (χ1) is 12.0. The summed E-state index contributed by atoms with van der Waals surface area (Å²) in [6, 6.07) is 23.2. The van der Waals surface area contributed by atoms with Gasteiger partial charge in [-0.15, -0.1) is 0 Å². The number of Topliss-reactive ketones (excluding diaryl/α,β-unsaturated/α-hetero) is 1. The van der Waals surface area contributed by atoms with Gasteiger partial charge in [0, 0.05) is 10.0 Å². The Morgan fingerprint density at radius 1 is 0.840 bits per heavy atom. The molecular weight excluding hydrogens is 383 g/mol. The second-order valence-electron chi connectivity index (χ2n) is 5.73. The van der Waals surface area contributed by atoms with E-state index < -0.39 is 17.6 Å². The molecule has 1 N–H and O–H groups in total. The van der Waals surface area contributed by atoms with E-state index in [0.717, 1.165) is 4.47 Å². The van der Waals surface area contributed by atoms with Gasteiger partial charge in [-0.05, 0) is 23.3 Å². The number of hydrogen-bond donors (Lipinski definition) is 1. The first kappa shape index (κ1) is 17.5. The fraction of sp³-hybridized carbons (Fsp3) is 0.0952. The lowest BCUT2D eigenvalue weighted by atomic mass is 9.80. The number of hydrogen-bond acceptors (Lipinski definition) is 2. The van der Waals surface area contributed by atoms with Gasteiger partial charge in [0.1, 0.15) is 0 Å². The molecule has 3 aromatic carbocycles. The van der Waals surface area contributed by atoms with E-state index in [4.69, 9.17) is 0 Å². The molecule has 0 heterocycles. The standard InChI is InChI=1S/C21H16BrFO2/c22-18-13-11-17(12-14-18)21(25,16-9-5-2-6-10-16)20(23)19(24)15-7-3-1-4-8-15/h1-14,20,25H. The highest BCUT2D eigenvalue weighted by atomic mass is 79.9. The molecule has 0 bridgehead atoms. The van der Waals surface area contributed by atoms with Gasteiger partial charge >= 0.3 is 0 Å². The summed E-state index contributed by atoms with van der Waals surface area (Å²) in [7, 11) is 0. The van der Waals surface area contributed by atoms with Gasteiger partial charge in [-0.3, -0.25) is 4.79 Å². The molecule has 3 rings (SSSR count). The lowest BCUT2D eigenvalue weighted by molar-refractivity contribution is 0.00252. The summed E-state index contributed by atoms with van der Waals surface area (Å²) >= 11 is 3.33. The molecule has 0 fully saturated rings. The van der Waals surface area contributed by atoms with Crippen LogP contribution in [0.15, 0.2) is 89.4 Å². The fourth-order valence-electron chi connectivity index (χ4n) is 2.79. The predicted molar refractivity (Wildman–Crippen MR) is 99.3 cm³/mol. The van der Waals surface area contributed by atoms with Crippen molar-refractivity contribution in [2.45, 2.75) is 11.8 Å². The van der Waals surface area contributed by atoms with E-state index in [-0.39, 0.29) is 5.56 Å². The number of rotatable bonds is 5. The maximum absolute atomic E-state index is 15.4. The van der Waals surface area contributed by atoms with Crippen LogP contribution in [-0.4, -0.2) is 17.1 Å². The number of alkyl halides is 1. The molecule has 0 spiro atoms. The lowest BCUT2D eigenvalue weighted by Crippen LogP contribution is -2.43. The van der Waals surface area contributed by atoms with Gasteiger partial charge < -0.3 is 5.11 Å². The van der Waals surface area contributed by atoms with Gasteiger partial charge in [0.15, 0.2) is 11.8 Å². The van der Waals surface area contributed by atoms with Crippen LogP contribution in [0.5, 0.6) is 0 Å². The van der Waals surface area contributed by atoms with E-state index in [1.807, 2.05) is 0 Å². The Hall–Kier alpha value is -2.30. The van der Waals surface area contributed by atoms with E-state index in [0.29, 0.717) is 11.1 Å². The van der Waals surface area contributed by atoms with Crippen LogP contribution in [0.1, 0.15) is 21.5 Å². The van der Waals surface area contributed by atoms with Crippen molar-refractivity contribution in [1.82, 2.24) is 0 Å². The van der Waals surface area contributed by atoms with Crippen LogP contribution < -0.4 is 0 Å². The smallest absolute Gasteiger partial charge is 0.200 e. The van der Waals surface area contributed by atoms with E-state index in [2.05, 4.69) is 15.9 Å². The molecule has 25 heavy (non-hydrogen) atoms. The second-order valence-corrected chi connectivity index (χ2v) is 6.65. The van der Waals surface area contributed by atoms with Crippen LogP contribution in [0.4, 0.5) is 4.39 Å². The van der Waals surface area contributed by atoms with Crippen molar-refractivity contribution in [2.75, 3.05) is 0 Å². The Kier molecular flexibility index (Phi) is 5.11. The van der Waals surface area contributed by atoms with E-state index in [1.165, 1.54) is 0 Å². The third-order valence-corrected chi connectivity index (χ3v) is 4.68. The highest BCUT2D eigenvalue weighted by Gasteiger charge is 2.45. The van der Waals surface area contributed by atoms with Gasteiger partial charge in [0.2, 0.25) is 5.78 Å². The molecule has 0 aromatic heterocycles. The van der Waals surface area contributed by atoms with Gasteiger partial charge in [0.05, 0.1) is 0 Å². The highest BCUT2D eigenvalue weighted by molar-refractivity contribution is 9.10. The summed E-state index contributed by atoms with van der Waals surface area (Å²) in [6.07, 6.45) is -2.14. The minimum atomic E-state index is -2.14. The number of carbonyl (C=O) groups excluding carboxylic acids is 1. The number of carbonyl (C=O) groups is 1. The zero-order valence-corrected chi connectivity index (χ0v) is 14.9. The zero-order valence-electron chi connectivity index (χ0n) is 13.3. The van der Waals surface area contributed by atoms with Crippen molar-refractivity contribution in [3.63, 3.8) is 0 Å².